The minimum atomic E-state index is -4.72. The van der Waals surface area contributed by atoms with Crippen LogP contribution < -0.4 is 10.1 Å². The molecule has 28 heavy (non-hydrogen) atoms. The Kier molecular flexibility index (Phi) is 9.05. The molecule has 1 aliphatic heterocycles. The Balaban J connectivity index is 0.00000196. The highest BCUT2D eigenvalue weighted by atomic mass is 35.5. The average molecular weight is 434 g/mol. The second-order valence-electron chi connectivity index (χ2n) is 6.00. The van der Waals surface area contributed by atoms with Crippen molar-refractivity contribution in [1.82, 2.24) is 10.2 Å². The van der Waals surface area contributed by atoms with Gasteiger partial charge in [0.2, 0.25) is 0 Å². The van der Waals surface area contributed by atoms with Crippen molar-refractivity contribution < 1.29 is 17.9 Å². The number of halogens is 5. The van der Waals surface area contributed by atoms with E-state index in [0.717, 1.165) is 37.3 Å². The molecule has 0 spiro atoms. The predicted octanol–water partition coefficient (Wildman–Crippen LogP) is 4.30. The second kappa shape index (κ2) is 10.5. The van der Waals surface area contributed by atoms with E-state index >= 15 is 0 Å². The van der Waals surface area contributed by atoms with Gasteiger partial charge in [0.05, 0.1) is 17.7 Å². The SMILES string of the molecule is Cl.Cl.N#Cc1ccccc1[C@@H](c1ccc(OC(F)(F)F)cc1)N1CCNCC1. The van der Waals surface area contributed by atoms with Crippen molar-refractivity contribution in [1.29, 1.82) is 5.26 Å². The zero-order valence-electron chi connectivity index (χ0n) is 14.8. The van der Waals surface area contributed by atoms with Crippen LogP contribution in [0.1, 0.15) is 22.7 Å². The van der Waals surface area contributed by atoms with Gasteiger partial charge < -0.3 is 10.1 Å². The molecule has 0 aliphatic carbocycles. The smallest absolute Gasteiger partial charge is 0.406 e. The fourth-order valence-electron chi connectivity index (χ4n) is 3.22. The first-order chi connectivity index (χ1) is 12.5. The number of hydrogen-bond donors (Lipinski definition) is 1. The van der Waals surface area contributed by atoms with Gasteiger partial charge in [-0.15, -0.1) is 38.0 Å². The van der Waals surface area contributed by atoms with E-state index in [4.69, 9.17) is 0 Å². The lowest BCUT2D eigenvalue weighted by molar-refractivity contribution is -0.274. The summed E-state index contributed by atoms with van der Waals surface area (Å²) in [5, 5.41) is 12.7. The van der Waals surface area contributed by atoms with Crippen molar-refractivity contribution in [2.24, 2.45) is 0 Å². The van der Waals surface area contributed by atoms with E-state index in [0.29, 0.717) is 5.56 Å². The normalized spacial score (nSPS) is 15.5. The summed E-state index contributed by atoms with van der Waals surface area (Å²) >= 11 is 0. The molecule has 1 atom stereocenters. The van der Waals surface area contributed by atoms with E-state index < -0.39 is 6.36 Å². The zero-order valence-corrected chi connectivity index (χ0v) is 16.4. The van der Waals surface area contributed by atoms with E-state index in [1.165, 1.54) is 12.1 Å². The minimum Gasteiger partial charge on any atom is -0.406 e. The Bertz CT molecular complexity index is 788. The summed E-state index contributed by atoms with van der Waals surface area (Å²) in [4.78, 5) is 2.23. The molecule has 2 aromatic carbocycles. The van der Waals surface area contributed by atoms with Gasteiger partial charge in [-0.05, 0) is 29.3 Å². The summed E-state index contributed by atoms with van der Waals surface area (Å²) in [6.45, 7) is 3.21. The highest BCUT2D eigenvalue weighted by Gasteiger charge is 2.31. The minimum absolute atomic E-state index is 0. The molecule has 1 fully saturated rings. The molecule has 0 radical (unpaired) electrons. The van der Waals surface area contributed by atoms with E-state index in [1.807, 2.05) is 12.1 Å². The number of rotatable bonds is 4. The number of hydrogen-bond acceptors (Lipinski definition) is 4. The second-order valence-corrected chi connectivity index (χ2v) is 6.00. The Labute approximate surface area is 174 Å². The van der Waals surface area contributed by atoms with Crippen molar-refractivity contribution in [3.05, 3.63) is 65.2 Å². The van der Waals surface area contributed by atoms with Crippen molar-refractivity contribution >= 4 is 24.8 Å². The maximum atomic E-state index is 12.4. The van der Waals surface area contributed by atoms with E-state index in [9.17, 15) is 18.4 Å². The monoisotopic (exact) mass is 433 g/mol. The van der Waals surface area contributed by atoms with Crippen LogP contribution in [-0.2, 0) is 0 Å². The summed E-state index contributed by atoms with van der Waals surface area (Å²) < 4.78 is 41.1. The predicted molar refractivity (Wildman–Crippen MR) is 105 cm³/mol. The van der Waals surface area contributed by atoms with Crippen LogP contribution >= 0.6 is 24.8 Å². The Morgan fingerprint density at radius 2 is 1.61 bits per heavy atom. The highest BCUT2D eigenvalue weighted by molar-refractivity contribution is 5.85. The number of ether oxygens (including phenoxy) is 1. The van der Waals surface area contributed by atoms with Gasteiger partial charge in [0, 0.05) is 26.2 Å². The molecule has 2 aromatic rings. The molecule has 1 aliphatic rings. The maximum absolute atomic E-state index is 12.4. The molecule has 9 heteroatoms. The van der Waals surface area contributed by atoms with Crippen LogP contribution in [0.4, 0.5) is 13.2 Å². The lowest BCUT2D eigenvalue weighted by Gasteiger charge is -2.36. The van der Waals surface area contributed by atoms with Crippen molar-refractivity contribution in [3.63, 3.8) is 0 Å². The van der Waals surface area contributed by atoms with Gasteiger partial charge in [0.1, 0.15) is 5.75 Å². The number of nitrogens with one attached hydrogen (secondary N) is 1. The summed E-state index contributed by atoms with van der Waals surface area (Å²) in [6, 6.07) is 15.2. The molecule has 0 unspecified atom stereocenters. The first-order valence-electron chi connectivity index (χ1n) is 8.27. The summed E-state index contributed by atoms with van der Waals surface area (Å²) in [5.74, 6) is -0.256. The van der Waals surface area contributed by atoms with Gasteiger partial charge in [-0.2, -0.15) is 5.26 Å². The van der Waals surface area contributed by atoms with E-state index in [-0.39, 0.29) is 36.6 Å². The van der Waals surface area contributed by atoms with Crippen LogP contribution in [-0.4, -0.2) is 37.4 Å². The third-order valence-electron chi connectivity index (χ3n) is 4.32. The molecule has 0 saturated carbocycles. The molecule has 3 rings (SSSR count). The molecule has 0 bridgehead atoms. The van der Waals surface area contributed by atoms with Crippen LogP contribution in [0.15, 0.2) is 48.5 Å². The quantitative estimate of drug-likeness (QED) is 0.780. The number of piperazine rings is 1. The van der Waals surface area contributed by atoms with Gasteiger partial charge in [-0.3, -0.25) is 4.90 Å². The largest absolute Gasteiger partial charge is 0.573 e. The summed E-state index contributed by atoms with van der Waals surface area (Å²) in [6.07, 6.45) is -4.72. The van der Waals surface area contributed by atoms with Crippen LogP contribution in [0.25, 0.3) is 0 Å². The number of nitrogens with zero attached hydrogens (tertiary/aromatic N) is 2. The molecule has 1 saturated heterocycles. The Morgan fingerprint density at radius 3 is 2.18 bits per heavy atom. The first-order valence-corrected chi connectivity index (χ1v) is 8.27. The molecule has 1 heterocycles. The number of nitriles is 1. The van der Waals surface area contributed by atoms with Gasteiger partial charge in [-0.1, -0.05) is 30.3 Å². The van der Waals surface area contributed by atoms with E-state index in [2.05, 4.69) is 21.0 Å². The molecular weight excluding hydrogens is 414 g/mol. The molecule has 0 aromatic heterocycles. The van der Waals surface area contributed by atoms with Gasteiger partial charge in [0.15, 0.2) is 0 Å². The van der Waals surface area contributed by atoms with E-state index in [1.54, 1.807) is 24.3 Å². The average Bonchev–Trinajstić information content (AvgIpc) is 2.63. The third-order valence-corrected chi connectivity index (χ3v) is 4.32. The van der Waals surface area contributed by atoms with Crippen LogP contribution in [0.5, 0.6) is 5.75 Å². The van der Waals surface area contributed by atoms with Gasteiger partial charge >= 0.3 is 6.36 Å². The van der Waals surface area contributed by atoms with Crippen molar-refractivity contribution in [2.45, 2.75) is 12.4 Å². The topological polar surface area (TPSA) is 48.3 Å². The standard InChI is InChI=1S/C19H18F3N3O.2ClH/c20-19(21,22)26-16-7-5-14(6-8-16)18(25-11-9-24-10-12-25)17-4-2-1-3-15(17)13-23;;/h1-8,18,24H,9-12H2;2*1H/t18-;;/m1../s1. The lowest BCUT2D eigenvalue weighted by atomic mass is 9.93. The van der Waals surface area contributed by atoms with Gasteiger partial charge in [-0.25, -0.2) is 0 Å². The summed E-state index contributed by atoms with van der Waals surface area (Å²) in [7, 11) is 0. The van der Waals surface area contributed by atoms with Crippen molar-refractivity contribution in [3.8, 4) is 11.8 Å². The molecule has 4 nitrogen and oxygen atoms in total. The fraction of sp³-hybridized carbons (Fsp3) is 0.316. The zero-order chi connectivity index (χ0) is 18.6. The highest BCUT2D eigenvalue weighted by Crippen LogP contribution is 2.33. The molecule has 152 valence electrons. The number of alkyl halides is 3. The first kappa shape index (κ1) is 24.1. The lowest BCUT2D eigenvalue weighted by Crippen LogP contribution is -2.45. The van der Waals surface area contributed by atoms with Crippen LogP contribution in [0, 0.1) is 11.3 Å². The summed E-state index contributed by atoms with van der Waals surface area (Å²) in [5.41, 5.74) is 2.23. The molecule has 1 N–H and O–H groups in total. The van der Waals surface area contributed by atoms with Gasteiger partial charge in [0.25, 0.3) is 0 Å². The molecular formula is C19H20Cl2F3N3O. The van der Waals surface area contributed by atoms with Crippen LogP contribution in [0.2, 0.25) is 0 Å². The van der Waals surface area contributed by atoms with Crippen molar-refractivity contribution in [2.75, 3.05) is 26.2 Å². The molecule has 0 amide bonds. The fourth-order valence-corrected chi connectivity index (χ4v) is 3.22. The third kappa shape index (κ3) is 6.01. The Hall–Kier alpha value is -1.98. The van der Waals surface area contributed by atoms with Crippen LogP contribution in [0.3, 0.4) is 0 Å². The number of benzene rings is 2. The maximum Gasteiger partial charge on any atom is 0.573 e. The Morgan fingerprint density at radius 1 is 1.00 bits per heavy atom.